The Labute approximate surface area is 126 Å². The minimum Gasteiger partial charge on any atom is -0.271 e. The molecule has 3 heteroatoms. The van der Waals surface area contributed by atoms with Gasteiger partial charge in [0.25, 0.3) is 0 Å². The van der Waals surface area contributed by atoms with Crippen molar-refractivity contribution in [3.05, 3.63) is 34.9 Å². The van der Waals surface area contributed by atoms with Crippen LogP contribution in [-0.4, -0.2) is 17.5 Å². The van der Waals surface area contributed by atoms with Gasteiger partial charge in [-0.3, -0.25) is 11.3 Å². The summed E-state index contributed by atoms with van der Waals surface area (Å²) in [5.41, 5.74) is 7.66. The van der Waals surface area contributed by atoms with Crippen molar-refractivity contribution in [3.8, 4) is 0 Å². The highest BCUT2D eigenvalue weighted by Crippen LogP contribution is 2.28. The molecule has 1 aliphatic heterocycles. The van der Waals surface area contributed by atoms with E-state index in [2.05, 4.69) is 35.4 Å². The average Bonchev–Trinajstić information content (AvgIpc) is 2.95. The molecule has 2 aliphatic rings. The van der Waals surface area contributed by atoms with Crippen LogP contribution in [0.25, 0.3) is 0 Å². The molecule has 0 spiro atoms. The number of benzene rings is 1. The van der Waals surface area contributed by atoms with Crippen molar-refractivity contribution in [1.82, 2.24) is 5.43 Å². The Hall–Kier alpha value is -0.510. The average molecular weight is 290 g/mol. The highest BCUT2D eigenvalue weighted by molar-refractivity contribution is 7.99. The molecule has 0 amide bonds. The van der Waals surface area contributed by atoms with Crippen molar-refractivity contribution in [3.63, 3.8) is 0 Å². The molecule has 110 valence electrons. The third kappa shape index (κ3) is 3.57. The van der Waals surface area contributed by atoms with Crippen molar-refractivity contribution in [2.45, 2.75) is 51.0 Å². The van der Waals surface area contributed by atoms with Crippen LogP contribution >= 0.6 is 11.8 Å². The van der Waals surface area contributed by atoms with E-state index in [1.54, 1.807) is 11.1 Å². The van der Waals surface area contributed by atoms with Gasteiger partial charge in [-0.15, -0.1) is 0 Å². The van der Waals surface area contributed by atoms with Gasteiger partial charge in [-0.25, -0.2) is 0 Å². The molecule has 1 atom stereocenters. The summed E-state index contributed by atoms with van der Waals surface area (Å²) in [7, 11) is 0. The SMILES string of the molecule is NNC(Cc1ccc2c(c1)CCC2)CC1CCSCC1. The van der Waals surface area contributed by atoms with Gasteiger partial charge in [0.15, 0.2) is 0 Å². The number of hydrogen-bond donors (Lipinski definition) is 2. The van der Waals surface area contributed by atoms with Crippen LogP contribution in [0.5, 0.6) is 0 Å². The topological polar surface area (TPSA) is 38.0 Å². The van der Waals surface area contributed by atoms with E-state index in [1.807, 2.05) is 0 Å². The van der Waals surface area contributed by atoms with Crippen LogP contribution in [-0.2, 0) is 19.3 Å². The van der Waals surface area contributed by atoms with E-state index in [0.717, 1.165) is 12.3 Å². The first-order valence-electron chi connectivity index (χ1n) is 7.99. The Bertz CT molecular complexity index is 441. The zero-order valence-corrected chi connectivity index (χ0v) is 13.1. The van der Waals surface area contributed by atoms with Crippen LogP contribution in [0.2, 0.25) is 0 Å². The van der Waals surface area contributed by atoms with Crippen LogP contribution in [0.1, 0.15) is 42.4 Å². The molecule has 3 N–H and O–H groups in total. The standard InChI is InChI=1S/C17H26N2S/c18-19-17(11-13-6-8-20-9-7-13)12-14-4-5-15-2-1-3-16(15)10-14/h4-5,10,13,17,19H,1-3,6-9,11-12,18H2. The van der Waals surface area contributed by atoms with Crippen LogP contribution in [0, 0.1) is 5.92 Å². The molecule has 1 aromatic rings. The van der Waals surface area contributed by atoms with E-state index in [0.29, 0.717) is 6.04 Å². The molecule has 1 aromatic carbocycles. The number of rotatable bonds is 5. The van der Waals surface area contributed by atoms with E-state index in [1.165, 1.54) is 55.6 Å². The van der Waals surface area contributed by atoms with Gasteiger partial charge < -0.3 is 0 Å². The second kappa shape index (κ2) is 6.97. The lowest BCUT2D eigenvalue weighted by Crippen LogP contribution is -2.38. The van der Waals surface area contributed by atoms with Gasteiger partial charge in [-0.1, -0.05) is 18.2 Å². The lowest BCUT2D eigenvalue weighted by molar-refractivity contribution is 0.365. The van der Waals surface area contributed by atoms with Gasteiger partial charge in [-0.05, 0) is 79.1 Å². The van der Waals surface area contributed by atoms with Crippen molar-refractivity contribution >= 4 is 11.8 Å². The van der Waals surface area contributed by atoms with E-state index in [9.17, 15) is 0 Å². The van der Waals surface area contributed by atoms with Gasteiger partial charge in [0.05, 0.1) is 0 Å². The highest BCUT2D eigenvalue weighted by atomic mass is 32.2. The Balaban J connectivity index is 1.59. The second-order valence-electron chi connectivity index (χ2n) is 6.32. The first-order valence-corrected chi connectivity index (χ1v) is 9.15. The maximum Gasteiger partial charge on any atom is 0.0253 e. The summed E-state index contributed by atoms with van der Waals surface area (Å²) in [5, 5.41) is 0. The Morgan fingerprint density at radius 1 is 1.20 bits per heavy atom. The van der Waals surface area contributed by atoms with Gasteiger partial charge in [0.1, 0.15) is 0 Å². The van der Waals surface area contributed by atoms with Crippen molar-refractivity contribution < 1.29 is 0 Å². The summed E-state index contributed by atoms with van der Waals surface area (Å²) in [6.07, 6.45) is 8.91. The predicted octanol–water partition coefficient (Wildman–Crippen LogP) is 3.08. The molecule has 1 aliphatic carbocycles. The van der Waals surface area contributed by atoms with Gasteiger partial charge in [0.2, 0.25) is 0 Å². The van der Waals surface area contributed by atoms with Crippen LogP contribution in [0.15, 0.2) is 18.2 Å². The largest absolute Gasteiger partial charge is 0.271 e. The number of hydrazine groups is 1. The van der Waals surface area contributed by atoms with Crippen molar-refractivity contribution in [2.24, 2.45) is 11.8 Å². The van der Waals surface area contributed by atoms with Crippen LogP contribution in [0.3, 0.4) is 0 Å². The molecule has 0 aromatic heterocycles. The first kappa shape index (κ1) is 14.4. The van der Waals surface area contributed by atoms with Gasteiger partial charge >= 0.3 is 0 Å². The summed E-state index contributed by atoms with van der Waals surface area (Å²) in [6, 6.07) is 7.50. The molecule has 1 saturated heterocycles. The molecular weight excluding hydrogens is 264 g/mol. The molecule has 20 heavy (non-hydrogen) atoms. The van der Waals surface area contributed by atoms with E-state index in [-0.39, 0.29) is 0 Å². The fraction of sp³-hybridized carbons (Fsp3) is 0.647. The summed E-state index contributed by atoms with van der Waals surface area (Å²) in [5.74, 6) is 9.33. The third-order valence-electron chi connectivity index (χ3n) is 4.84. The lowest BCUT2D eigenvalue weighted by atomic mass is 9.91. The number of hydrogen-bond acceptors (Lipinski definition) is 3. The summed E-state index contributed by atoms with van der Waals surface area (Å²) >= 11 is 2.10. The maximum absolute atomic E-state index is 5.80. The molecule has 1 unspecified atom stereocenters. The number of aryl methyl sites for hydroxylation is 2. The molecule has 1 heterocycles. The van der Waals surface area contributed by atoms with Crippen LogP contribution < -0.4 is 11.3 Å². The molecule has 1 fully saturated rings. The zero-order valence-electron chi connectivity index (χ0n) is 12.2. The lowest BCUT2D eigenvalue weighted by Gasteiger charge is -2.26. The fourth-order valence-electron chi connectivity index (χ4n) is 3.63. The molecule has 0 bridgehead atoms. The van der Waals surface area contributed by atoms with Crippen LogP contribution in [0.4, 0.5) is 0 Å². The normalized spacial score (nSPS) is 20.9. The smallest absolute Gasteiger partial charge is 0.0253 e. The first-order chi connectivity index (χ1) is 9.85. The number of fused-ring (bicyclic) bond motifs is 1. The number of nitrogens with two attached hydrogens (primary N) is 1. The zero-order chi connectivity index (χ0) is 13.8. The van der Waals surface area contributed by atoms with Gasteiger partial charge in [0, 0.05) is 6.04 Å². The monoisotopic (exact) mass is 290 g/mol. The van der Waals surface area contributed by atoms with E-state index >= 15 is 0 Å². The quantitative estimate of drug-likeness (QED) is 0.646. The number of thioether (sulfide) groups is 1. The molecule has 2 nitrogen and oxygen atoms in total. The summed E-state index contributed by atoms with van der Waals surface area (Å²) < 4.78 is 0. The van der Waals surface area contributed by atoms with Crippen molar-refractivity contribution in [1.29, 1.82) is 0 Å². The Kier molecular flexibility index (Phi) is 5.03. The highest BCUT2D eigenvalue weighted by Gasteiger charge is 2.19. The fourth-order valence-corrected chi connectivity index (χ4v) is 4.84. The Morgan fingerprint density at radius 2 is 2.00 bits per heavy atom. The Morgan fingerprint density at radius 3 is 2.80 bits per heavy atom. The van der Waals surface area contributed by atoms with Crippen molar-refractivity contribution in [2.75, 3.05) is 11.5 Å². The minimum atomic E-state index is 0.433. The minimum absolute atomic E-state index is 0.433. The molecular formula is C17H26N2S. The third-order valence-corrected chi connectivity index (χ3v) is 5.89. The number of nitrogens with one attached hydrogen (secondary N) is 1. The molecule has 0 saturated carbocycles. The molecule has 0 radical (unpaired) electrons. The second-order valence-corrected chi connectivity index (χ2v) is 7.54. The maximum atomic E-state index is 5.80. The van der Waals surface area contributed by atoms with E-state index in [4.69, 9.17) is 5.84 Å². The summed E-state index contributed by atoms with van der Waals surface area (Å²) in [6.45, 7) is 0. The predicted molar refractivity (Wildman–Crippen MR) is 87.9 cm³/mol. The summed E-state index contributed by atoms with van der Waals surface area (Å²) in [4.78, 5) is 0. The van der Waals surface area contributed by atoms with E-state index < -0.39 is 0 Å². The van der Waals surface area contributed by atoms with Gasteiger partial charge in [-0.2, -0.15) is 11.8 Å². The molecule has 3 rings (SSSR count).